The second-order valence-corrected chi connectivity index (χ2v) is 5.81. The highest BCUT2D eigenvalue weighted by atomic mass is 35.5. The number of carbonyl (C=O) groups excluding carboxylic acids is 1. The van der Waals surface area contributed by atoms with Crippen LogP contribution in [0.2, 0.25) is 5.02 Å². The molecule has 7 heteroatoms. The Morgan fingerprint density at radius 3 is 2.80 bits per heavy atom. The van der Waals surface area contributed by atoms with Crippen LogP contribution in [0, 0.1) is 12.3 Å². The van der Waals surface area contributed by atoms with Crippen molar-refractivity contribution in [2.45, 2.75) is 12.0 Å². The van der Waals surface area contributed by atoms with Gasteiger partial charge in [-0.05, 0) is 31.2 Å². The van der Waals surface area contributed by atoms with Crippen molar-refractivity contribution in [2.24, 2.45) is 5.73 Å². The molecule has 2 aromatic rings. The van der Waals surface area contributed by atoms with E-state index in [0.717, 1.165) is 17.5 Å². The van der Waals surface area contributed by atoms with E-state index in [1.54, 1.807) is 25.1 Å². The minimum absolute atomic E-state index is 0.168. The Kier molecular flexibility index (Phi) is 4.06. The van der Waals surface area contributed by atoms with Gasteiger partial charge in [0.2, 0.25) is 11.0 Å². The number of hydrogen-bond acceptors (Lipinski definition) is 4. The molecule has 1 heterocycles. The molecule has 0 aliphatic rings. The molecule has 0 aliphatic carbocycles. The van der Waals surface area contributed by atoms with Crippen LogP contribution in [0.3, 0.4) is 0 Å². The Hall–Kier alpha value is -1.92. The quantitative estimate of drug-likeness (QED) is 0.518. The Morgan fingerprint density at radius 1 is 1.45 bits per heavy atom. The van der Waals surface area contributed by atoms with Crippen LogP contribution >= 0.6 is 11.6 Å². The number of halogens is 1. The van der Waals surface area contributed by atoms with Crippen molar-refractivity contribution in [3.63, 3.8) is 0 Å². The van der Waals surface area contributed by atoms with Crippen molar-refractivity contribution in [3.05, 3.63) is 40.9 Å². The number of hydrogen-bond donors (Lipinski definition) is 2. The highest BCUT2D eigenvalue weighted by molar-refractivity contribution is 8.00. The number of benzene rings is 1. The Bertz CT molecular complexity index is 764. The topological polar surface area (TPSA) is 97.1 Å². The minimum Gasteiger partial charge on any atom is -0.447 e. The first-order valence-electron chi connectivity index (χ1n) is 5.56. The Morgan fingerprint density at radius 2 is 2.15 bits per heavy atom. The molecule has 3 N–H and O–H groups in total. The van der Waals surface area contributed by atoms with Gasteiger partial charge in [-0.3, -0.25) is 10.2 Å². The first-order valence-corrected chi connectivity index (χ1v) is 7.09. The third-order valence-corrected chi connectivity index (χ3v) is 4.12. The second-order valence-electron chi connectivity index (χ2n) is 4.02. The van der Waals surface area contributed by atoms with Crippen molar-refractivity contribution in [3.8, 4) is 0 Å². The summed E-state index contributed by atoms with van der Waals surface area (Å²) in [7, 11) is -1.82. The average molecular weight is 311 g/mol. The van der Waals surface area contributed by atoms with E-state index in [1.165, 1.54) is 0 Å². The maximum absolute atomic E-state index is 12.2. The maximum Gasteiger partial charge on any atom is 0.241 e. The molecule has 2 rings (SSSR count). The van der Waals surface area contributed by atoms with Crippen LogP contribution in [-0.4, -0.2) is 15.2 Å². The fourth-order valence-corrected chi connectivity index (χ4v) is 2.78. The summed E-state index contributed by atoms with van der Waals surface area (Å²) in [5.74, 6) is -0.708. The fraction of sp³-hybridized carbons (Fsp3) is 0.0769. The van der Waals surface area contributed by atoms with Gasteiger partial charge in [0.05, 0.1) is 0 Å². The van der Waals surface area contributed by atoms with Crippen LogP contribution in [-0.2, 0) is 15.6 Å². The summed E-state index contributed by atoms with van der Waals surface area (Å²) in [4.78, 5) is 10.6. The molecule has 20 heavy (non-hydrogen) atoms. The van der Waals surface area contributed by atoms with Gasteiger partial charge in [-0.25, -0.2) is 4.21 Å². The second kappa shape index (κ2) is 5.60. The van der Waals surface area contributed by atoms with Gasteiger partial charge in [0.1, 0.15) is 21.4 Å². The van der Waals surface area contributed by atoms with Gasteiger partial charge in [-0.1, -0.05) is 11.6 Å². The van der Waals surface area contributed by atoms with Crippen molar-refractivity contribution < 1.29 is 13.4 Å². The van der Waals surface area contributed by atoms with E-state index in [9.17, 15) is 9.00 Å². The number of nitrogens with one attached hydrogen (secondary N) is 1. The Labute approximate surface area is 122 Å². The van der Waals surface area contributed by atoms with E-state index in [4.69, 9.17) is 27.2 Å². The number of amides is 1. The normalized spacial score (nSPS) is 12.9. The molecule has 1 aromatic heterocycles. The lowest BCUT2D eigenvalue weighted by Gasteiger charge is -1.97. The summed E-state index contributed by atoms with van der Waals surface area (Å²) in [6.45, 7) is 1.74. The van der Waals surface area contributed by atoms with Crippen LogP contribution in [0.5, 0.6) is 0 Å². The zero-order valence-corrected chi connectivity index (χ0v) is 12.0. The number of nitrogens with two attached hydrogens (primary N) is 1. The van der Waals surface area contributed by atoms with Crippen LogP contribution in [0.1, 0.15) is 5.56 Å². The lowest BCUT2D eigenvalue weighted by Crippen LogP contribution is -2.09. The number of primary amides is 1. The number of carbonyl (C=O) groups is 1. The summed E-state index contributed by atoms with van der Waals surface area (Å²) in [6.07, 6.45) is 2.08. The van der Waals surface area contributed by atoms with E-state index >= 15 is 0 Å². The molecule has 0 spiro atoms. The van der Waals surface area contributed by atoms with Crippen molar-refractivity contribution in [1.29, 1.82) is 5.41 Å². The molecule has 104 valence electrons. The van der Waals surface area contributed by atoms with Crippen LogP contribution in [0.15, 0.2) is 39.9 Å². The molecule has 5 nitrogen and oxygen atoms in total. The largest absolute Gasteiger partial charge is 0.447 e. The average Bonchev–Trinajstić information content (AvgIpc) is 2.72. The molecule has 1 unspecified atom stereocenters. The molecule has 1 aromatic carbocycles. The molecule has 0 saturated carbocycles. The summed E-state index contributed by atoms with van der Waals surface area (Å²) < 4.78 is 17.7. The monoisotopic (exact) mass is 310 g/mol. The van der Waals surface area contributed by atoms with Gasteiger partial charge < -0.3 is 10.2 Å². The SMILES string of the molecule is Cc1c(S(=O)C(=N)/C=C\C(N)=O)oc2ccc(Cl)cc12. The summed E-state index contributed by atoms with van der Waals surface area (Å²) in [5.41, 5.74) is 6.12. The summed E-state index contributed by atoms with van der Waals surface area (Å²) in [5, 5.41) is 8.85. The van der Waals surface area contributed by atoms with Gasteiger partial charge >= 0.3 is 0 Å². The predicted molar refractivity (Wildman–Crippen MR) is 78.4 cm³/mol. The molecule has 1 amide bonds. The molecule has 0 radical (unpaired) electrons. The number of aryl methyl sites for hydroxylation is 1. The van der Waals surface area contributed by atoms with Gasteiger partial charge in [0.15, 0.2) is 0 Å². The van der Waals surface area contributed by atoms with Gasteiger partial charge in [0.25, 0.3) is 0 Å². The van der Waals surface area contributed by atoms with Crippen LogP contribution in [0.25, 0.3) is 11.0 Å². The third kappa shape index (κ3) is 2.81. The van der Waals surface area contributed by atoms with Gasteiger partial charge in [0, 0.05) is 22.0 Å². The summed E-state index contributed by atoms with van der Waals surface area (Å²) >= 11 is 5.90. The number of fused-ring (bicyclic) bond motifs is 1. The fourth-order valence-electron chi connectivity index (χ4n) is 1.67. The molecule has 0 fully saturated rings. The highest BCUT2D eigenvalue weighted by Crippen LogP contribution is 2.30. The van der Waals surface area contributed by atoms with Crippen molar-refractivity contribution in [1.82, 2.24) is 0 Å². The standard InChI is InChI=1S/C13H11ClN2O3S/c1-7-9-6-8(14)2-3-10(9)19-13(7)20(18)12(16)5-4-11(15)17/h2-6,16H,1H3,(H2,15,17)/b5-4-,16-12?. The van der Waals surface area contributed by atoms with Gasteiger partial charge in [-0.2, -0.15) is 0 Å². The first-order chi connectivity index (χ1) is 9.40. The van der Waals surface area contributed by atoms with E-state index in [1.807, 2.05) is 0 Å². The van der Waals surface area contributed by atoms with Crippen molar-refractivity contribution in [2.75, 3.05) is 0 Å². The highest BCUT2D eigenvalue weighted by Gasteiger charge is 2.19. The Balaban J connectivity index is 2.43. The molecule has 0 bridgehead atoms. The first kappa shape index (κ1) is 14.5. The predicted octanol–water partition coefficient (Wildman–Crippen LogP) is 2.52. The molecule has 0 saturated heterocycles. The molecule has 1 atom stereocenters. The van der Waals surface area contributed by atoms with E-state index in [-0.39, 0.29) is 10.1 Å². The molecular formula is C13H11ClN2O3S. The van der Waals surface area contributed by atoms with E-state index in [0.29, 0.717) is 16.2 Å². The molecular weight excluding hydrogens is 300 g/mol. The van der Waals surface area contributed by atoms with Gasteiger partial charge in [-0.15, -0.1) is 0 Å². The summed E-state index contributed by atoms with van der Waals surface area (Å²) in [6, 6.07) is 5.05. The van der Waals surface area contributed by atoms with Crippen LogP contribution in [0.4, 0.5) is 0 Å². The maximum atomic E-state index is 12.2. The molecule has 0 aliphatic heterocycles. The zero-order chi connectivity index (χ0) is 14.9. The minimum atomic E-state index is -1.82. The number of furan rings is 1. The van der Waals surface area contributed by atoms with E-state index in [2.05, 4.69) is 0 Å². The smallest absolute Gasteiger partial charge is 0.241 e. The van der Waals surface area contributed by atoms with E-state index < -0.39 is 16.7 Å². The lowest BCUT2D eigenvalue weighted by molar-refractivity contribution is -0.113. The third-order valence-electron chi connectivity index (χ3n) is 2.62. The van der Waals surface area contributed by atoms with Crippen LogP contribution < -0.4 is 5.73 Å². The van der Waals surface area contributed by atoms with Crippen molar-refractivity contribution >= 4 is 44.3 Å². The lowest BCUT2D eigenvalue weighted by atomic mass is 10.2. The zero-order valence-electron chi connectivity index (χ0n) is 10.5. The number of rotatable bonds is 3.